The molecule has 0 saturated carbocycles. The Balaban J connectivity index is 1.94. The lowest BCUT2D eigenvalue weighted by molar-refractivity contribution is 0.0697. The second-order valence-electron chi connectivity index (χ2n) is 6.27. The van der Waals surface area contributed by atoms with Gasteiger partial charge in [-0.15, -0.1) is 0 Å². The van der Waals surface area contributed by atoms with Gasteiger partial charge in [-0.2, -0.15) is 4.31 Å². The van der Waals surface area contributed by atoms with Crippen molar-refractivity contribution in [2.24, 2.45) is 0 Å². The summed E-state index contributed by atoms with van der Waals surface area (Å²) in [7, 11) is -3.57. The number of carbonyl (C=O) groups is 1. The van der Waals surface area contributed by atoms with Gasteiger partial charge in [-0.05, 0) is 42.0 Å². The molecule has 0 atom stereocenters. The minimum atomic E-state index is -3.57. The maximum Gasteiger partial charge on any atom is 0.335 e. The Labute approximate surface area is 173 Å². The zero-order valence-electron chi connectivity index (χ0n) is 15.9. The first kappa shape index (κ1) is 21.0. The predicted molar refractivity (Wildman–Crippen MR) is 113 cm³/mol. The van der Waals surface area contributed by atoms with Gasteiger partial charge in [-0.1, -0.05) is 37.6 Å². The summed E-state index contributed by atoms with van der Waals surface area (Å²) in [6, 6.07) is 11.0. The van der Waals surface area contributed by atoms with Crippen LogP contribution in [0.15, 0.2) is 47.4 Å². The highest BCUT2D eigenvalue weighted by atomic mass is 35.5. The molecule has 3 rings (SSSR count). The van der Waals surface area contributed by atoms with E-state index in [1.54, 1.807) is 44.2 Å². The predicted octanol–water partition coefficient (Wildman–Crippen LogP) is 4.03. The van der Waals surface area contributed by atoms with Crippen molar-refractivity contribution in [1.29, 1.82) is 0 Å². The fourth-order valence-electron chi connectivity index (χ4n) is 2.91. The molecule has 0 saturated heterocycles. The fraction of sp³-hybridized carbons (Fsp3) is 0.200. The molecule has 0 radical (unpaired) electrons. The number of nitrogens with zero attached hydrogens (tertiary/aromatic N) is 2. The zero-order valence-corrected chi connectivity index (χ0v) is 17.5. The highest BCUT2D eigenvalue weighted by Gasteiger charge is 2.22. The number of aromatic carboxylic acids is 1. The summed E-state index contributed by atoms with van der Waals surface area (Å²) in [6.07, 6.45) is 1.65. The highest BCUT2D eigenvalue weighted by Crippen LogP contribution is 2.25. The Hall–Kier alpha value is -2.68. The van der Waals surface area contributed by atoms with Crippen LogP contribution in [0.2, 0.25) is 0 Å². The summed E-state index contributed by atoms with van der Waals surface area (Å²) < 4.78 is 26.8. The van der Waals surface area contributed by atoms with E-state index in [-0.39, 0.29) is 10.5 Å². The number of nitrogens with one attached hydrogen (secondary N) is 1. The van der Waals surface area contributed by atoms with Crippen molar-refractivity contribution in [3.8, 4) is 0 Å². The lowest BCUT2D eigenvalue weighted by Gasteiger charge is -2.18. The van der Waals surface area contributed by atoms with Crippen LogP contribution < -0.4 is 0 Å². The molecule has 0 amide bonds. The van der Waals surface area contributed by atoms with Gasteiger partial charge in [-0.3, -0.25) is 0 Å². The van der Waals surface area contributed by atoms with Crippen molar-refractivity contribution in [2.75, 3.05) is 13.1 Å². The van der Waals surface area contributed by atoms with Gasteiger partial charge >= 0.3 is 5.97 Å². The van der Waals surface area contributed by atoms with Crippen LogP contribution in [0.25, 0.3) is 22.1 Å². The fourth-order valence-corrected chi connectivity index (χ4v) is 4.61. The molecule has 1 aromatic heterocycles. The third-order valence-corrected chi connectivity index (χ3v) is 6.81. The van der Waals surface area contributed by atoms with Crippen LogP contribution in [-0.2, 0) is 10.0 Å². The van der Waals surface area contributed by atoms with Crippen LogP contribution in [0.5, 0.6) is 0 Å². The SMILES string of the molecule is CCN(CC)S(=O)(=O)c1ccc2nc(C(Cl)=Cc3ccc(C(=O)O)cc3)[nH]c2c1. The van der Waals surface area contributed by atoms with Gasteiger partial charge in [0.25, 0.3) is 0 Å². The molecule has 0 fully saturated rings. The lowest BCUT2D eigenvalue weighted by atomic mass is 10.1. The molecule has 3 aromatic rings. The van der Waals surface area contributed by atoms with E-state index < -0.39 is 16.0 Å². The van der Waals surface area contributed by atoms with Gasteiger partial charge in [0.1, 0.15) is 5.82 Å². The zero-order chi connectivity index (χ0) is 21.2. The number of sulfonamides is 1. The first-order valence-electron chi connectivity index (χ1n) is 8.97. The van der Waals surface area contributed by atoms with Crippen LogP contribution >= 0.6 is 11.6 Å². The van der Waals surface area contributed by atoms with Crippen molar-refractivity contribution in [1.82, 2.24) is 14.3 Å². The number of hydrogen-bond acceptors (Lipinski definition) is 4. The smallest absolute Gasteiger partial charge is 0.335 e. The molecule has 29 heavy (non-hydrogen) atoms. The van der Waals surface area contributed by atoms with Crippen LogP contribution in [0.3, 0.4) is 0 Å². The molecule has 0 aliphatic heterocycles. The second kappa shape index (κ2) is 8.36. The highest BCUT2D eigenvalue weighted by molar-refractivity contribution is 7.89. The molecule has 0 spiro atoms. The van der Waals surface area contributed by atoms with Crippen LogP contribution in [0.4, 0.5) is 0 Å². The maximum absolute atomic E-state index is 12.7. The maximum atomic E-state index is 12.7. The molecule has 1 heterocycles. The number of halogens is 1. The van der Waals surface area contributed by atoms with Crippen molar-refractivity contribution < 1.29 is 18.3 Å². The van der Waals surface area contributed by atoms with E-state index in [4.69, 9.17) is 16.7 Å². The normalized spacial score (nSPS) is 12.6. The molecule has 0 bridgehead atoms. The number of benzene rings is 2. The Morgan fingerprint density at radius 2 is 1.83 bits per heavy atom. The van der Waals surface area contributed by atoms with Gasteiger partial charge in [0.2, 0.25) is 10.0 Å². The molecule has 7 nitrogen and oxygen atoms in total. The monoisotopic (exact) mass is 433 g/mol. The van der Waals surface area contributed by atoms with Crippen molar-refractivity contribution in [3.63, 3.8) is 0 Å². The van der Waals surface area contributed by atoms with E-state index in [1.165, 1.54) is 22.5 Å². The first-order valence-corrected chi connectivity index (χ1v) is 10.8. The van der Waals surface area contributed by atoms with E-state index in [2.05, 4.69) is 9.97 Å². The Morgan fingerprint density at radius 1 is 1.17 bits per heavy atom. The van der Waals surface area contributed by atoms with E-state index in [0.29, 0.717) is 40.5 Å². The van der Waals surface area contributed by atoms with Crippen LogP contribution in [0, 0.1) is 0 Å². The summed E-state index contributed by atoms with van der Waals surface area (Å²) in [4.78, 5) is 18.6. The van der Waals surface area contributed by atoms with Gasteiger partial charge in [0.15, 0.2) is 0 Å². The van der Waals surface area contributed by atoms with Crippen molar-refractivity contribution in [3.05, 3.63) is 59.4 Å². The molecule has 152 valence electrons. The van der Waals surface area contributed by atoms with Gasteiger partial charge in [0.05, 0.1) is 26.5 Å². The molecule has 2 aromatic carbocycles. The standard InChI is InChI=1S/C20H20ClN3O4S/c1-3-24(4-2)29(27,28)15-9-10-17-18(12-15)23-19(22-17)16(21)11-13-5-7-14(8-6-13)20(25)26/h5-12H,3-4H2,1-2H3,(H,22,23)(H,25,26). The minimum absolute atomic E-state index is 0.184. The number of rotatable bonds is 7. The Kier molecular flexibility index (Phi) is 6.07. The number of hydrogen-bond donors (Lipinski definition) is 2. The molecule has 9 heteroatoms. The number of carboxylic acid groups (broad SMARTS) is 1. The lowest BCUT2D eigenvalue weighted by Crippen LogP contribution is -2.30. The molecule has 0 unspecified atom stereocenters. The summed E-state index contributed by atoms with van der Waals surface area (Å²) in [5.74, 6) is -0.610. The molecule has 2 N–H and O–H groups in total. The summed E-state index contributed by atoms with van der Waals surface area (Å²) in [5.41, 5.74) is 2.04. The Morgan fingerprint density at radius 3 is 2.41 bits per heavy atom. The van der Waals surface area contributed by atoms with Crippen molar-refractivity contribution in [2.45, 2.75) is 18.7 Å². The van der Waals surface area contributed by atoms with E-state index in [0.717, 1.165) is 0 Å². The minimum Gasteiger partial charge on any atom is -0.478 e. The second-order valence-corrected chi connectivity index (χ2v) is 8.62. The number of H-pyrrole nitrogens is 1. The largest absolute Gasteiger partial charge is 0.478 e. The van der Waals surface area contributed by atoms with Gasteiger partial charge in [0, 0.05) is 13.1 Å². The van der Waals surface area contributed by atoms with Gasteiger partial charge < -0.3 is 10.1 Å². The third-order valence-electron chi connectivity index (χ3n) is 4.47. The molecular formula is C20H20ClN3O4S. The first-order chi connectivity index (χ1) is 13.8. The van der Waals surface area contributed by atoms with Crippen LogP contribution in [0.1, 0.15) is 35.6 Å². The number of aromatic amines is 1. The van der Waals surface area contributed by atoms with E-state index >= 15 is 0 Å². The molecular weight excluding hydrogens is 414 g/mol. The number of carboxylic acids is 1. The molecule has 0 aliphatic rings. The average molecular weight is 434 g/mol. The topological polar surface area (TPSA) is 103 Å². The molecule has 0 aliphatic carbocycles. The number of aromatic nitrogens is 2. The summed E-state index contributed by atoms with van der Waals surface area (Å²) in [6.45, 7) is 4.36. The third kappa shape index (κ3) is 4.34. The van der Waals surface area contributed by atoms with Gasteiger partial charge in [-0.25, -0.2) is 18.2 Å². The Bertz CT molecular complexity index is 1180. The van der Waals surface area contributed by atoms with E-state index in [1.807, 2.05) is 0 Å². The van der Waals surface area contributed by atoms with Crippen LogP contribution in [-0.4, -0.2) is 46.9 Å². The number of fused-ring (bicyclic) bond motifs is 1. The average Bonchev–Trinajstić information content (AvgIpc) is 3.12. The van der Waals surface area contributed by atoms with Crippen molar-refractivity contribution >= 4 is 49.7 Å². The summed E-state index contributed by atoms with van der Waals surface area (Å²) >= 11 is 6.36. The quantitative estimate of drug-likeness (QED) is 0.585. The van der Waals surface area contributed by atoms with E-state index in [9.17, 15) is 13.2 Å². The number of imidazole rings is 1. The summed E-state index contributed by atoms with van der Waals surface area (Å²) in [5, 5.41) is 9.28.